The average molecular weight is 346 g/mol. The van der Waals surface area contributed by atoms with Crippen molar-refractivity contribution in [3.63, 3.8) is 0 Å². The van der Waals surface area contributed by atoms with Gasteiger partial charge in [-0.25, -0.2) is 0 Å². The maximum atomic E-state index is 11.5. The van der Waals surface area contributed by atoms with Gasteiger partial charge in [0, 0.05) is 10.4 Å². The zero-order valence-electron chi connectivity index (χ0n) is 13.4. The summed E-state index contributed by atoms with van der Waals surface area (Å²) in [5, 5.41) is 11.2. The highest BCUT2D eigenvalue weighted by atomic mass is 32.1. The van der Waals surface area contributed by atoms with Gasteiger partial charge in [-0.05, 0) is 41.1 Å². The van der Waals surface area contributed by atoms with Crippen molar-refractivity contribution in [2.24, 2.45) is 5.73 Å². The number of amides is 1. The number of primary amides is 1. The molecule has 1 aromatic heterocycles. The quantitative estimate of drug-likeness (QED) is 0.717. The van der Waals surface area contributed by atoms with E-state index < -0.39 is 5.91 Å². The highest BCUT2D eigenvalue weighted by molar-refractivity contribution is 7.14. The van der Waals surface area contributed by atoms with Crippen LogP contribution in [0.2, 0.25) is 0 Å². The fourth-order valence-electron chi connectivity index (χ4n) is 2.64. The molecule has 0 aliphatic rings. The van der Waals surface area contributed by atoms with Crippen LogP contribution < -0.4 is 5.73 Å². The third-order valence-electron chi connectivity index (χ3n) is 3.94. The molecule has 2 N–H and O–H groups in total. The summed E-state index contributed by atoms with van der Waals surface area (Å²) < 4.78 is 0. The second kappa shape index (κ2) is 6.71. The molecule has 0 aliphatic heterocycles. The minimum absolute atomic E-state index is 0.0740. The van der Waals surface area contributed by atoms with Crippen molar-refractivity contribution in [2.45, 2.75) is 6.92 Å². The predicted molar refractivity (Wildman–Crippen MR) is 98.4 cm³/mol. The number of nitrogens with zero attached hydrogens (tertiary/aromatic N) is 1. The molecule has 0 bridgehead atoms. The Morgan fingerprint density at radius 2 is 1.72 bits per heavy atom. The summed E-state index contributed by atoms with van der Waals surface area (Å²) in [6.45, 7) is 1.47. The summed E-state index contributed by atoms with van der Waals surface area (Å²) in [7, 11) is 0. The number of Topliss-reactive ketones (excluding diaryl/α,β-unsaturated/α-hetero) is 1. The van der Waals surface area contributed by atoms with Gasteiger partial charge in [0.2, 0.25) is 5.91 Å². The Morgan fingerprint density at radius 3 is 2.32 bits per heavy atom. The number of carbonyl (C=O) groups excluding carboxylic acids is 2. The van der Waals surface area contributed by atoms with E-state index in [1.54, 1.807) is 24.3 Å². The number of nitriles is 1. The molecule has 0 spiro atoms. The van der Waals surface area contributed by atoms with E-state index in [1.165, 1.54) is 18.3 Å². The molecule has 0 aliphatic carbocycles. The van der Waals surface area contributed by atoms with Gasteiger partial charge >= 0.3 is 0 Å². The second-order valence-corrected chi connectivity index (χ2v) is 6.45. The van der Waals surface area contributed by atoms with E-state index in [1.807, 2.05) is 29.6 Å². The van der Waals surface area contributed by atoms with E-state index in [-0.39, 0.29) is 5.78 Å². The molecule has 0 saturated carbocycles. The van der Waals surface area contributed by atoms with Gasteiger partial charge in [-0.1, -0.05) is 36.4 Å². The summed E-state index contributed by atoms with van der Waals surface area (Å²) in [6, 6.07) is 16.5. The maximum Gasteiger partial charge on any atom is 0.250 e. The Labute approximate surface area is 149 Å². The van der Waals surface area contributed by atoms with Crippen molar-refractivity contribution in [3.8, 4) is 27.6 Å². The zero-order chi connectivity index (χ0) is 18.0. The van der Waals surface area contributed by atoms with Crippen molar-refractivity contribution in [1.82, 2.24) is 0 Å². The van der Waals surface area contributed by atoms with Crippen molar-refractivity contribution >= 4 is 23.0 Å². The molecule has 2 aromatic carbocycles. The minimum Gasteiger partial charge on any atom is -0.366 e. The topological polar surface area (TPSA) is 84.0 Å². The molecule has 0 atom stereocenters. The molecule has 122 valence electrons. The van der Waals surface area contributed by atoms with Crippen LogP contribution >= 0.6 is 11.3 Å². The monoisotopic (exact) mass is 346 g/mol. The summed E-state index contributed by atoms with van der Waals surface area (Å²) in [6.07, 6.45) is 0. The molecule has 4 nitrogen and oxygen atoms in total. The molecule has 25 heavy (non-hydrogen) atoms. The number of carbonyl (C=O) groups is 2. The third kappa shape index (κ3) is 3.21. The second-order valence-electron chi connectivity index (χ2n) is 5.53. The number of benzene rings is 2. The van der Waals surface area contributed by atoms with Crippen LogP contribution in [0.5, 0.6) is 0 Å². The predicted octanol–water partition coefficient (Wildman–Crippen LogP) is 4.26. The lowest BCUT2D eigenvalue weighted by Gasteiger charge is -2.08. The van der Waals surface area contributed by atoms with E-state index >= 15 is 0 Å². The number of hydrogen-bond donors (Lipinski definition) is 1. The SMILES string of the molecule is CC(=O)c1ccc(-c2ccc(-c3sccc3C(N)=O)cc2)c(C#N)c1. The molecule has 1 amide bonds. The lowest BCUT2D eigenvalue weighted by Crippen LogP contribution is -2.10. The van der Waals surface area contributed by atoms with Crippen LogP contribution in [-0.4, -0.2) is 11.7 Å². The molecule has 0 radical (unpaired) electrons. The van der Waals surface area contributed by atoms with Crippen LogP contribution in [0, 0.1) is 11.3 Å². The van der Waals surface area contributed by atoms with Crippen LogP contribution in [0.4, 0.5) is 0 Å². The summed E-state index contributed by atoms with van der Waals surface area (Å²) in [4.78, 5) is 23.8. The van der Waals surface area contributed by atoms with Crippen LogP contribution in [0.25, 0.3) is 21.6 Å². The van der Waals surface area contributed by atoms with Gasteiger partial charge in [0.05, 0.1) is 17.2 Å². The van der Waals surface area contributed by atoms with E-state index in [0.717, 1.165) is 21.6 Å². The average Bonchev–Trinajstić information content (AvgIpc) is 3.11. The highest BCUT2D eigenvalue weighted by Crippen LogP contribution is 2.32. The van der Waals surface area contributed by atoms with Crippen LogP contribution in [-0.2, 0) is 0 Å². The molecular weight excluding hydrogens is 332 g/mol. The van der Waals surface area contributed by atoms with E-state index in [4.69, 9.17) is 5.73 Å². The van der Waals surface area contributed by atoms with Crippen molar-refractivity contribution < 1.29 is 9.59 Å². The lowest BCUT2D eigenvalue weighted by molar-refractivity contribution is 0.0997. The molecule has 3 aromatic rings. The van der Waals surface area contributed by atoms with Gasteiger partial charge in [-0.15, -0.1) is 11.3 Å². The number of rotatable bonds is 4. The Balaban J connectivity index is 2.01. The Hall–Kier alpha value is -3.23. The molecule has 0 saturated heterocycles. The van der Waals surface area contributed by atoms with E-state index in [9.17, 15) is 14.9 Å². The van der Waals surface area contributed by atoms with Crippen LogP contribution in [0.3, 0.4) is 0 Å². The zero-order valence-corrected chi connectivity index (χ0v) is 14.3. The first kappa shape index (κ1) is 16.6. The normalized spacial score (nSPS) is 10.2. The smallest absolute Gasteiger partial charge is 0.250 e. The number of thiophene rings is 1. The molecule has 5 heteroatoms. The standard InChI is InChI=1S/C20H14N2O2S/c1-12(23)15-6-7-17(16(10-15)11-21)13-2-4-14(5-3-13)19-18(20(22)24)8-9-25-19/h2-10H,1H3,(H2,22,24). The molecule has 0 unspecified atom stereocenters. The summed E-state index contributed by atoms with van der Waals surface area (Å²) >= 11 is 1.45. The fraction of sp³-hybridized carbons (Fsp3) is 0.0500. The van der Waals surface area contributed by atoms with Crippen molar-refractivity contribution in [3.05, 3.63) is 70.6 Å². The van der Waals surface area contributed by atoms with E-state index in [0.29, 0.717) is 16.7 Å². The Bertz CT molecular complexity index is 1010. The molecule has 1 heterocycles. The summed E-state index contributed by atoms with van der Waals surface area (Å²) in [5.74, 6) is -0.526. The lowest BCUT2D eigenvalue weighted by atomic mass is 9.96. The Morgan fingerprint density at radius 1 is 1.04 bits per heavy atom. The third-order valence-corrected chi connectivity index (χ3v) is 4.90. The number of ketones is 1. The van der Waals surface area contributed by atoms with Gasteiger partial charge in [-0.2, -0.15) is 5.26 Å². The summed E-state index contributed by atoms with van der Waals surface area (Å²) in [5.41, 5.74) is 9.39. The van der Waals surface area contributed by atoms with Gasteiger partial charge in [0.25, 0.3) is 0 Å². The molecular formula is C20H14N2O2S. The largest absolute Gasteiger partial charge is 0.366 e. The first-order chi connectivity index (χ1) is 12.0. The van der Waals surface area contributed by atoms with Gasteiger partial charge < -0.3 is 5.73 Å². The Kier molecular flexibility index (Phi) is 4.46. The van der Waals surface area contributed by atoms with Gasteiger partial charge in [0.1, 0.15) is 0 Å². The number of nitrogens with two attached hydrogens (primary N) is 1. The molecule has 0 fully saturated rings. The fourth-order valence-corrected chi connectivity index (χ4v) is 3.54. The van der Waals surface area contributed by atoms with Gasteiger partial charge in [-0.3, -0.25) is 9.59 Å². The first-order valence-corrected chi connectivity index (χ1v) is 8.42. The van der Waals surface area contributed by atoms with Crippen molar-refractivity contribution in [1.29, 1.82) is 5.26 Å². The minimum atomic E-state index is -0.452. The maximum absolute atomic E-state index is 11.5. The van der Waals surface area contributed by atoms with Crippen molar-refractivity contribution in [2.75, 3.05) is 0 Å². The van der Waals surface area contributed by atoms with E-state index in [2.05, 4.69) is 6.07 Å². The van der Waals surface area contributed by atoms with Crippen LogP contribution in [0.15, 0.2) is 53.9 Å². The number of hydrogen-bond acceptors (Lipinski definition) is 4. The molecule has 3 rings (SSSR count). The highest BCUT2D eigenvalue weighted by Gasteiger charge is 2.13. The van der Waals surface area contributed by atoms with Crippen LogP contribution in [0.1, 0.15) is 33.2 Å². The van der Waals surface area contributed by atoms with Gasteiger partial charge in [0.15, 0.2) is 5.78 Å². The first-order valence-electron chi connectivity index (χ1n) is 7.54.